The third-order valence-corrected chi connectivity index (χ3v) is 7.07. The molecule has 45 heavy (non-hydrogen) atoms. The number of phenolic OH excluding ortho intramolecular Hbond substituents is 1. The Hall–Kier alpha value is -5.70. The third kappa shape index (κ3) is 8.90. The number of nitrogens with zero attached hydrogens (tertiary/aromatic N) is 1. The molecule has 2 aromatic carbocycles. The van der Waals surface area contributed by atoms with Crippen LogP contribution in [0.4, 0.5) is 0 Å². The molecule has 0 saturated carbocycles. The number of nitrogens with two attached hydrogens (primary N) is 1. The largest absolute Gasteiger partial charge is 0.508 e. The van der Waals surface area contributed by atoms with Crippen molar-refractivity contribution in [3.05, 3.63) is 84.1 Å². The lowest BCUT2D eigenvalue weighted by atomic mass is 10.0. The number of hydrogen-bond donors (Lipinski definition) is 9. The summed E-state index contributed by atoms with van der Waals surface area (Å²) in [7, 11) is 0. The van der Waals surface area contributed by atoms with Crippen LogP contribution in [0.1, 0.15) is 23.2 Å². The molecule has 4 aromatic rings. The number of carbonyl (C=O) groups is 5. The Morgan fingerprint density at radius 1 is 0.800 bits per heavy atom. The number of aromatic nitrogens is 3. The van der Waals surface area contributed by atoms with E-state index in [0.717, 1.165) is 10.9 Å². The van der Waals surface area contributed by atoms with E-state index in [4.69, 9.17) is 5.73 Å². The molecule has 0 aliphatic heterocycles. The van der Waals surface area contributed by atoms with Crippen molar-refractivity contribution in [2.24, 2.45) is 5.73 Å². The Bertz CT molecular complexity index is 1650. The van der Waals surface area contributed by atoms with Crippen LogP contribution in [0.5, 0.6) is 5.75 Å². The summed E-state index contributed by atoms with van der Waals surface area (Å²) in [5.41, 5.74) is 8.47. The van der Waals surface area contributed by atoms with Gasteiger partial charge in [0.2, 0.25) is 17.7 Å². The van der Waals surface area contributed by atoms with Gasteiger partial charge in [0, 0.05) is 41.8 Å². The predicted octanol–water partition coefficient (Wildman–Crippen LogP) is -0.0345. The fraction of sp³-hybridized carbons (Fsp3) is 0.267. The van der Waals surface area contributed by atoms with Gasteiger partial charge in [-0.25, -0.2) is 9.78 Å². The zero-order valence-electron chi connectivity index (χ0n) is 23.9. The Balaban J connectivity index is 1.53. The second kappa shape index (κ2) is 14.7. The van der Waals surface area contributed by atoms with E-state index in [1.54, 1.807) is 30.5 Å². The number of imidazole rings is 1. The zero-order chi connectivity index (χ0) is 32.5. The maximum atomic E-state index is 13.5. The summed E-state index contributed by atoms with van der Waals surface area (Å²) in [6, 6.07) is 7.67. The molecule has 15 heteroatoms. The summed E-state index contributed by atoms with van der Waals surface area (Å²) >= 11 is 0. The molecule has 0 saturated heterocycles. The molecule has 2 aromatic heterocycles. The highest BCUT2D eigenvalue weighted by molar-refractivity contribution is 5.96. The third-order valence-electron chi connectivity index (χ3n) is 7.07. The number of benzene rings is 2. The van der Waals surface area contributed by atoms with E-state index in [2.05, 4.69) is 30.9 Å². The van der Waals surface area contributed by atoms with E-state index >= 15 is 0 Å². The first-order valence-corrected chi connectivity index (χ1v) is 13.9. The van der Waals surface area contributed by atoms with Gasteiger partial charge in [0.1, 0.15) is 23.9 Å². The predicted molar refractivity (Wildman–Crippen MR) is 160 cm³/mol. The molecule has 0 radical (unpaired) electrons. The maximum Gasteiger partial charge on any atom is 0.326 e. The van der Waals surface area contributed by atoms with Crippen molar-refractivity contribution in [1.29, 1.82) is 0 Å². The van der Waals surface area contributed by atoms with Gasteiger partial charge in [-0.1, -0.05) is 30.3 Å². The number of fused-ring (bicyclic) bond motifs is 1. The summed E-state index contributed by atoms with van der Waals surface area (Å²) in [5.74, 6) is -5.34. The quantitative estimate of drug-likeness (QED) is 0.0858. The molecule has 2 heterocycles. The molecule has 15 nitrogen and oxygen atoms in total. The molecule has 236 valence electrons. The highest BCUT2D eigenvalue weighted by Gasteiger charge is 2.32. The molecule has 0 fully saturated rings. The second-order valence-electron chi connectivity index (χ2n) is 10.4. The Morgan fingerprint density at radius 3 is 2.13 bits per heavy atom. The van der Waals surface area contributed by atoms with Crippen LogP contribution in [-0.2, 0) is 43.2 Å². The second-order valence-corrected chi connectivity index (χ2v) is 10.4. The van der Waals surface area contributed by atoms with Crippen molar-refractivity contribution in [2.45, 2.75) is 49.9 Å². The highest BCUT2D eigenvalue weighted by atomic mass is 16.4. The molecule has 4 unspecified atom stereocenters. The fourth-order valence-electron chi connectivity index (χ4n) is 4.73. The molecular weight excluding hydrogens is 586 g/mol. The van der Waals surface area contributed by atoms with Crippen molar-refractivity contribution < 1.29 is 39.3 Å². The molecular formula is C30H33N7O8. The van der Waals surface area contributed by atoms with Crippen LogP contribution in [0, 0.1) is 0 Å². The summed E-state index contributed by atoms with van der Waals surface area (Å²) < 4.78 is 0. The number of amides is 3. The van der Waals surface area contributed by atoms with E-state index in [1.165, 1.54) is 24.7 Å². The zero-order valence-corrected chi connectivity index (χ0v) is 23.9. The van der Waals surface area contributed by atoms with Gasteiger partial charge in [-0.2, -0.15) is 0 Å². The number of phenols is 1. The minimum absolute atomic E-state index is 0.0252. The van der Waals surface area contributed by atoms with Gasteiger partial charge in [0.05, 0.1) is 18.8 Å². The number of aliphatic carboxylic acids is 2. The van der Waals surface area contributed by atoms with Crippen LogP contribution >= 0.6 is 0 Å². The summed E-state index contributed by atoms with van der Waals surface area (Å²) in [4.78, 5) is 73.2. The standard InChI is InChI=1S/C30H33N7O8/c31-21(9-16-5-7-19(38)8-6-16)27(41)35-24(12-26(39)40)29(43)36-23(10-17-13-33-22-4-2-1-3-20(17)22)28(42)37-25(30(44)45)11-18-14-32-15-34-18/h1-8,13-15,21,23-25,33,38H,9-12,31H2,(H,32,34)(H,35,41)(H,36,43)(H,37,42)(H,39,40)(H,44,45). The van der Waals surface area contributed by atoms with Crippen LogP contribution < -0.4 is 21.7 Å². The maximum absolute atomic E-state index is 13.5. The Morgan fingerprint density at radius 2 is 1.47 bits per heavy atom. The van der Waals surface area contributed by atoms with E-state index in [9.17, 15) is 39.3 Å². The number of aromatic amines is 2. The summed E-state index contributed by atoms with van der Waals surface area (Å²) in [6.07, 6.45) is 3.43. The number of H-pyrrole nitrogens is 2. The topological polar surface area (TPSA) is 253 Å². The van der Waals surface area contributed by atoms with Gasteiger partial charge in [-0.15, -0.1) is 0 Å². The molecule has 0 aliphatic rings. The van der Waals surface area contributed by atoms with Crippen molar-refractivity contribution in [2.75, 3.05) is 0 Å². The van der Waals surface area contributed by atoms with Crippen LogP contribution in [0.2, 0.25) is 0 Å². The average molecular weight is 620 g/mol. The van der Waals surface area contributed by atoms with Gasteiger partial charge in [0.15, 0.2) is 0 Å². The molecule has 4 atom stereocenters. The molecule has 10 N–H and O–H groups in total. The number of aromatic hydroxyl groups is 1. The number of nitrogens with one attached hydrogen (secondary N) is 5. The molecule has 0 bridgehead atoms. The average Bonchev–Trinajstić information content (AvgIpc) is 3.67. The normalized spacial score (nSPS) is 13.7. The first-order chi connectivity index (χ1) is 21.5. The smallest absolute Gasteiger partial charge is 0.326 e. The van der Waals surface area contributed by atoms with E-state index in [0.29, 0.717) is 16.8 Å². The van der Waals surface area contributed by atoms with Gasteiger partial charge in [0.25, 0.3) is 0 Å². The van der Waals surface area contributed by atoms with Crippen LogP contribution in [0.15, 0.2) is 67.3 Å². The van der Waals surface area contributed by atoms with E-state index in [1.807, 2.05) is 12.1 Å². The van der Waals surface area contributed by atoms with Crippen LogP contribution in [-0.4, -0.2) is 84.1 Å². The van der Waals surface area contributed by atoms with Crippen molar-refractivity contribution in [1.82, 2.24) is 30.9 Å². The lowest BCUT2D eigenvalue weighted by molar-refractivity contribution is -0.143. The number of hydrogen-bond acceptors (Lipinski definition) is 8. The fourth-order valence-corrected chi connectivity index (χ4v) is 4.73. The number of carbonyl (C=O) groups excluding carboxylic acids is 3. The van der Waals surface area contributed by atoms with E-state index < -0.39 is 60.2 Å². The SMILES string of the molecule is NC(Cc1ccc(O)cc1)C(=O)NC(CC(=O)O)C(=O)NC(Cc1c[nH]c2ccccc12)C(=O)NC(Cc1cnc[nH]1)C(=O)O. The van der Waals surface area contributed by atoms with Crippen molar-refractivity contribution in [3.8, 4) is 5.75 Å². The number of carboxylic acids is 2. The minimum atomic E-state index is -1.61. The lowest BCUT2D eigenvalue weighted by Gasteiger charge is -2.24. The van der Waals surface area contributed by atoms with Crippen LogP contribution in [0.25, 0.3) is 10.9 Å². The molecule has 4 rings (SSSR count). The first kappa shape index (κ1) is 32.2. The first-order valence-electron chi connectivity index (χ1n) is 13.9. The summed E-state index contributed by atoms with van der Waals surface area (Å²) in [5, 5.41) is 36.8. The lowest BCUT2D eigenvalue weighted by Crippen LogP contribution is -2.58. The van der Waals surface area contributed by atoms with Crippen LogP contribution in [0.3, 0.4) is 0 Å². The van der Waals surface area contributed by atoms with Gasteiger partial charge >= 0.3 is 11.9 Å². The van der Waals surface area contributed by atoms with Gasteiger partial charge in [-0.05, 0) is 35.7 Å². The number of carboxylic acid groups (broad SMARTS) is 2. The van der Waals surface area contributed by atoms with E-state index in [-0.39, 0.29) is 25.0 Å². The monoisotopic (exact) mass is 619 g/mol. The number of rotatable bonds is 15. The molecule has 0 aliphatic carbocycles. The summed E-state index contributed by atoms with van der Waals surface area (Å²) in [6.45, 7) is 0. The van der Waals surface area contributed by atoms with Crippen molar-refractivity contribution in [3.63, 3.8) is 0 Å². The Kier molecular flexibility index (Phi) is 10.5. The molecule has 3 amide bonds. The molecule has 0 spiro atoms. The minimum Gasteiger partial charge on any atom is -0.508 e. The van der Waals surface area contributed by atoms with Gasteiger partial charge in [-0.3, -0.25) is 19.2 Å². The number of para-hydroxylation sites is 1. The van der Waals surface area contributed by atoms with Crippen molar-refractivity contribution >= 4 is 40.6 Å². The van der Waals surface area contributed by atoms with Gasteiger partial charge < -0.3 is 47.0 Å². The Labute approximate surface area is 256 Å². The highest BCUT2D eigenvalue weighted by Crippen LogP contribution is 2.19.